The first-order valence-electron chi connectivity index (χ1n) is 12.1. The molecule has 1 fully saturated rings. The third kappa shape index (κ3) is 3.58. The zero-order chi connectivity index (χ0) is 22.2. The number of anilines is 2. The van der Waals surface area contributed by atoms with E-state index in [9.17, 15) is 0 Å². The fraction of sp³-hybridized carbons (Fsp3) is 0.188. The number of benzene rings is 4. The lowest BCUT2D eigenvalue weighted by Crippen LogP contribution is -2.31. The molecule has 3 atom stereocenters. The molecule has 0 spiro atoms. The lowest BCUT2D eigenvalue weighted by molar-refractivity contribution is 0.511. The summed E-state index contributed by atoms with van der Waals surface area (Å²) < 4.78 is 0. The second-order valence-corrected chi connectivity index (χ2v) is 9.47. The second-order valence-electron chi connectivity index (χ2n) is 9.47. The van der Waals surface area contributed by atoms with Gasteiger partial charge in [-0.15, -0.1) is 0 Å². The Bertz CT molecular complexity index is 1230. The molecular formula is C32H29N. The molecule has 4 aromatic carbocycles. The van der Waals surface area contributed by atoms with E-state index in [1.165, 1.54) is 52.0 Å². The predicted molar refractivity (Wildman–Crippen MR) is 140 cm³/mol. The van der Waals surface area contributed by atoms with E-state index in [1.54, 1.807) is 0 Å². The molecule has 0 bridgehead atoms. The van der Waals surface area contributed by atoms with Crippen molar-refractivity contribution in [2.24, 2.45) is 5.92 Å². The molecule has 1 saturated carbocycles. The van der Waals surface area contributed by atoms with Crippen molar-refractivity contribution < 1.29 is 0 Å². The fourth-order valence-corrected chi connectivity index (χ4v) is 5.93. The Morgan fingerprint density at radius 2 is 1.33 bits per heavy atom. The van der Waals surface area contributed by atoms with Crippen LogP contribution in [0.3, 0.4) is 0 Å². The molecule has 1 aliphatic heterocycles. The highest BCUT2D eigenvalue weighted by Crippen LogP contribution is 2.54. The normalized spacial score (nSPS) is 20.9. The lowest BCUT2D eigenvalue weighted by atomic mass is 9.92. The smallest absolute Gasteiger partial charge is 0.0450 e. The zero-order valence-corrected chi connectivity index (χ0v) is 19.1. The fourth-order valence-electron chi connectivity index (χ4n) is 5.93. The topological polar surface area (TPSA) is 3.24 Å². The molecule has 33 heavy (non-hydrogen) atoms. The van der Waals surface area contributed by atoms with Crippen molar-refractivity contribution in [1.82, 2.24) is 0 Å². The summed E-state index contributed by atoms with van der Waals surface area (Å²) in [7, 11) is 0. The van der Waals surface area contributed by atoms with E-state index in [2.05, 4.69) is 127 Å². The molecule has 0 radical (unpaired) electrons. The maximum Gasteiger partial charge on any atom is 0.0450 e. The van der Waals surface area contributed by atoms with Gasteiger partial charge in [0.2, 0.25) is 0 Å². The summed E-state index contributed by atoms with van der Waals surface area (Å²) in [6.45, 7) is 2.43. The standard InChI is InChI=1S/C32H29N/c1-23-17-19-28-30-22-24(18-20-31(30)33(32(23)28)27-15-9-4-10-16-27)21-29(25-11-5-2-6-12-25)26-13-7-3-8-14-26/h2-16,18,20-23,28,32H,17,19H2,1H3. The molecule has 3 unspecified atom stereocenters. The minimum Gasteiger partial charge on any atom is -0.337 e. The minimum atomic E-state index is 0.560. The van der Waals surface area contributed by atoms with Crippen molar-refractivity contribution in [2.75, 3.05) is 4.90 Å². The lowest BCUT2D eigenvalue weighted by Gasteiger charge is -2.30. The van der Waals surface area contributed by atoms with Crippen LogP contribution in [0.5, 0.6) is 0 Å². The minimum absolute atomic E-state index is 0.560. The summed E-state index contributed by atoms with van der Waals surface area (Å²) in [5, 5.41) is 0. The molecule has 6 rings (SSSR count). The largest absolute Gasteiger partial charge is 0.337 e. The third-order valence-corrected chi connectivity index (χ3v) is 7.45. The number of hydrogen-bond donors (Lipinski definition) is 0. The maximum absolute atomic E-state index is 2.61. The van der Waals surface area contributed by atoms with Crippen molar-refractivity contribution in [3.63, 3.8) is 0 Å². The van der Waals surface area contributed by atoms with Crippen LogP contribution in [0.1, 0.15) is 47.9 Å². The molecule has 0 saturated heterocycles. The van der Waals surface area contributed by atoms with Gasteiger partial charge in [0.25, 0.3) is 0 Å². The number of fused-ring (bicyclic) bond motifs is 3. The van der Waals surface area contributed by atoms with E-state index in [-0.39, 0.29) is 0 Å². The molecule has 1 nitrogen and oxygen atoms in total. The van der Waals surface area contributed by atoms with E-state index < -0.39 is 0 Å². The van der Waals surface area contributed by atoms with Gasteiger partial charge in [-0.05, 0) is 76.9 Å². The Labute approximate surface area is 197 Å². The van der Waals surface area contributed by atoms with E-state index >= 15 is 0 Å². The van der Waals surface area contributed by atoms with Gasteiger partial charge in [0.05, 0.1) is 0 Å². The van der Waals surface area contributed by atoms with E-state index in [0.717, 1.165) is 0 Å². The molecule has 1 heteroatoms. The Balaban J connectivity index is 1.46. The predicted octanol–water partition coefficient (Wildman–Crippen LogP) is 8.31. The molecule has 0 amide bonds. The second kappa shape index (κ2) is 8.41. The van der Waals surface area contributed by atoms with Gasteiger partial charge < -0.3 is 4.90 Å². The number of nitrogens with zero attached hydrogens (tertiary/aromatic N) is 1. The van der Waals surface area contributed by atoms with Crippen LogP contribution in [-0.4, -0.2) is 6.04 Å². The van der Waals surface area contributed by atoms with Gasteiger partial charge in [0.15, 0.2) is 0 Å². The van der Waals surface area contributed by atoms with Gasteiger partial charge in [0, 0.05) is 23.3 Å². The highest BCUT2D eigenvalue weighted by Gasteiger charge is 2.45. The first-order chi connectivity index (χ1) is 16.3. The highest BCUT2D eigenvalue weighted by molar-refractivity contribution is 5.92. The maximum atomic E-state index is 2.61. The van der Waals surface area contributed by atoms with Gasteiger partial charge in [-0.25, -0.2) is 0 Å². The van der Waals surface area contributed by atoms with E-state index in [4.69, 9.17) is 0 Å². The van der Waals surface area contributed by atoms with Crippen LogP contribution in [0.25, 0.3) is 11.6 Å². The molecule has 2 aliphatic rings. The summed E-state index contributed by atoms with van der Waals surface area (Å²) in [6.07, 6.45) is 4.94. The summed E-state index contributed by atoms with van der Waals surface area (Å²) in [6, 6.07) is 40.1. The van der Waals surface area contributed by atoms with Crippen molar-refractivity contribution >= 4 is 23.0 Å². The first-order valence-corrected chi connectivity index (χ1v) is 12.1. The summed E-state index contributed by atoms with van der Waals surface area (Å²) in [5.74, 6) is 1.31. The summed E-state index contributed by atoms with van der Waals surface area (Å²) in [5.41, 5.74) is 9.28. The molecule has 4 aromatic rings. The van der Waals surface area contributed by atoms with Crippen LogP contribution in [0, 0.1) is 5.92 Å². The zero-order valence-electron chi connectivity index (χ0n) is 19.1. The van der Waals surface area contributed by atoms with Gasteiger partial charge >= 0.3 is 0 Å². The number of hydrogen-bond acceptors (Lipinski definition) is 1. The molecule has 1 aliphatic carbocycles. The summed E-state index contributed by atoms with van der Waals surface area (Å²) in [4.78, 5) is 2.61. The van der Waals surface area contributed by atoms with Crippen molar-refractivity contribution in [3.8, 4) is 0 Å². The van der Waals surface area contributed by atoms with Gasteiger partial charge in [0.1, 0.15) is 0 Å². The molecule has 162 valence electrons. The van der Waals surface area contributed by atoms with Crippen LogP contribution in [0.15, 0.2) is 109 Å². The van der Waals surface area contributed by atoms with Gasteiger partial charge in [-0.1, -0.05) is 91.9 Å². The van der Waals surface area contributed by atoms with Crippen LogP contribution < -0.4 is 4.90 Å². The monoisotopic (exact) mass is 427 g/mol. The van der Waals surface area contributed by atoms with E-state index in [0.29, 0.717) is 17.9 Å². The van der Waals surface area contributed by atoms with E-state index in [1.807, 2.05) is 0 Å². The van der Waals surface area contributed by atoms with Crippen molar-refractivity contribution in [3.05, 3.63) is 131 Å². The van der Waals surface area contributed by atoms with Crippen LogP contribution in [0.2, 0.25) is 0 Å². The average molecular weight is 428 g/mol. The van der Waals surface area contributed by atoms with Crippen molar-refractivity contribution in [1.29, 1.82) is 0 Å². The van der Waals surface area contributed by atoms with Gasteiger partial charge in [-0.3, -0.25) is 0 Å². The Kier molecular flexibility index (Phi) is 5.11. The number of para-hydroxylation sites is 1. The molecule has 0 N–H and O–H groups in total. The third-order valence-electron chi connectivity index (χ3n) is 7.45. The Morgan fingerprint density at radius 3 is 1.97 bits per heavy atom. The summed E-state index contributed by atoms with van der Waals surface area (Å²) >= 11 is 0. The first kappa shape index (κ1) is 20.1. The van der Waals surface area contributed by atoms with Crippen LogP contribution in [0.4, 0.5) is 11.4 Å². The Morgan fingerprint density at radius 1 is 0.727 bits per heavy atom. The number of rotatable bonds is 4. The SMILES string of the molecule is CC1CCC2c3cc(C=C(c4ccccc4)c4ccccc4)ccc3N(c3ccccc3)C12. The highest BCUT2D eigenvalue weighted by atomic mass is 15.2. The van der Waals surface area contributed by atoms with Gasteiger partial charge in [-0.2, -0.15) is 0 Å². The Hall–Kier alpha value is -3.58. The quantitative estimate of drug-likeness (QED) is 0.296. The molecule has 1 heterocycles. The molecular weight excluding hydrogens is 398 g/mol. The average Bonchev–Trinajstić information content (AvgIpc) is 3.41. The van der Waals surface area contributed by atoms with Crippen LogP contribution >= 0.6 is 0 Å². The molecule has 0 aromatic heterocycles. The van der Waals surface area contributed by atoms with Crippen LogP contribution in [-0.2, 0) is 0 Å². The van der Waals surface area contributed by atoms with Crippen molar-refractivity contribution in [2.45, 2.75) is 31.7 Å².